The number of rotatable bonds is 3. The van der Waals surface area contributed by atoms with Crippen LogP contribution in [0.25, 0.3) is 0 Å². The number of hydrogen-bond donors (Lipinski definition) is 0. The third kappa shape index (κ3) is 3.05. The number of Topliss-reactive ketones (excluding diaryl/α,β-unsaturated/α-hetero) is 1. The number of pyridine rings is 1. The van der Waals surface area contributed by atoms with Gasteiger partial charge in [-0.25, -0.2) is 0 Å². The topological polar surface area (TPSA) is 47.0 Å². The molecular formula is C14H11NO2S. The van der Waals surface area contributed by atoms with Crippen LogP contribution in [0.1, 0.15) is 27.8 Å². The van der Waals surface area contributed by atoms with Crippen LogP contribution < -0.4 is 0 Å². The molecule has 0 N–H and O–H groups in total. The second kappa shape index (κ2) is 5.60. The van der Waals surface area contributed by atoms with Crippen molar-refractivity contribution < 1.29 is 9.59 Å². The highest BCUT2D eigenvalue weighted by molar-refractivity contribution is 8.14. The highest BCUT2D eigenvalue weighted by Crippen LogP contribution is 2.22. The van der Waals surface area contributed by atoms with Crippen LogP contribution in [0.5, 0.6) is 0 Å². The Balaban J connectivity index is 2.10. The van der Waals surface area contributed by atoms with Crippen LogP contribution in [0.3, 0.4) is 0 Å². The monoisotopic (exact) mass is 257 g/mol. The molecule has 0 bridgehead atoms. The van der Waals surface area contributed by atoms with E-state index < -0.39 is 0 Å². The molecule has 0 saturated carbocycles. The zero-order valence-electron chi connectivity index (χ0n) is 9.79. The molecule has 3 nitrogen and oxygen atoms in total. The Bertz CT molecular complexity index is 564. The number of benzene rings is 1. The molecule has 0 radical (unpaired) electrons. The molecule has 2 rings (SSSR count). The van der Waals surface area contributed by atoms with Crippen molar-refractivity contribution in [1.29, 1.82) is 0 Å². The van der Waals surface area contributed by atoms with Crippen LogP contribution >= 0.6 is 11.8 Å². The highest BCUT2D eigenvalue weighted by Gasteiger charge is 2.08. The lowest BCUT2D eigenvalue weighted by Crippen LogP contribution is -1.97. The smallest absolute Gasteiger partial charge is 0.224 e. The van der Waals surface area contributed by atoms with Gasteiger partial charge in [-0.3, -0.25) is 14.6 Å². The first-order valence-corrected chi connectivity index (χ1v) is 6.22. The van der Waals surface area contributed by atoms with Crippen LogP contribution in [0, 0.1) is 0 Å². The fraction of sp³-hybridized carbons (Fsp3) is 0.0714. The van der Waals surface area contributed by atoms with E-state index in [0.29, 0.717) is 11.3 Å². The maximum absolute atomic E-state index is 11.9. The Kier molecular flexibility index (Phi) is 3.89. The van der Waals surface area contributed by atoms with Crippen molar-refractivity contribution in [2.24, 2.45) is 0 Å². The first-order chi connectivity index (χ1) is 8.66. The summed E-state index contributed by atoms with van der Waals surface area (Å²) in [6.07, 6.45) is 1.54. The van der Waals surface area contributed by atoms with Crippen molar-refractivity contribution in [2.45, 2.75) is 11.8 Å². The van der Waals surface area contributed by atoms with Gasteiger partial charge < -0.3 is 0 Å². The largest absolute Gasteiger partial charge is 0.293 e. The SMILES string of the molecule is CC(=O)c1ccc(SC(=O)c2ccccc2)cn1. The fourth-order valence-electron chi connectivity index (χ4n) is 1.39. The van der Waals surface area contributed by atoms with E-state index in [4.69, 9.17) is 0 Å². The Morgan fingerprint density at radius 2 is 1.78 bits per heavy atom. The minimum absolute atomic E-state index is 0.0343. The van der Waals surface area contributed by atoms with Crippen LogP contribution in [0.4, 0.5) is 0 Å². The van der Waals surface area contributed by atoms with Crippen molar-refractivity contribution in [2.75, 3.05) is 0 Å². The highest BCUT2D eigenvalue weighted by atomic mass is 32.2. The quantitative estimate of drug-likeness (QED) is 0.625. The summed E-state index contributed by atoms with van der Waals surface area (Å²) < 4.78 is 0. The number of aromatic nitrogens is 1. The number of thioether (sulfide) groups is 1. The normalized spacial score (nSPS) is 10.1. The van der Waals surface area contributed by atoms with Crippen molar-refractivity contribution in [3.63, 3.8) is 0 Å². The first-order valence-electron chi connectivity index (χ1n) is 5.41. The first kappa shape index (κ1) is 12.5. The van der Waals surface area contributed by atoms with Gasteiger partial charge in [-0.05, 0) is 23.9 Å². The molecule has 1 aromatic carbocycles. The molecule has 0 aliphatic heterocycles. The predicted molar refractivity (Wildman–Crippen MR) is 70.9 cm³/mol. The minimum atomic E-state index is -0.0825. The van der Waals surface area contributed by atoms with Crippen molar-refractivity contribution in [3.8, 4) is 0 Å². The van der Waals surface area contributed by atoms with Crippen LogP contribution in [-0.2, 0) is 0 Å². The van der Waals surface area contributed by atoms with E-state index in [2.05, 4.69) is 4.98 Å². The van der Waals surface area contributed by atoms with Crippen LogP contribution in [-0.4, -0.2) is 15.9 Å². The Hall–Kier alpha value is -1.94. The van der Waals surface area contributed by atoms with Crippen molar-refractivity contribution >= 4 is 22.7 Å². The van der Waals surface area contributed by atoms with E-state index >= 15 is 0 Å². The van der Waals surface area contributed by atoms with E-state index in [1.54, 1.807) is 30.5 Å². The molecule has 0 spiro atoms. The number of carbonyl (C=O) groups excluding carboxylic acids is 2. The standard InChI is InChI=1S/C14H11NO2S/c1-10(16)13-8-7-12(9-15-13)18-14(17)11-5-3-2-4-6-11/h2-9H,1H3. The van der Waals surface area contributed by atoms with E-state index in [1.165, 1.54) is 6.92 Å². The number of hydrogen-bond acceptors (Lipinski definition) is 4. The average Bonchev–Trinajstić information content (AvgIpc) is 2.40. The summed E-state index contributed by atoms with van der Waals surface area (Å²) in [4.78, 5) is 27.7. The summed E-state index contributed by atoms with van der Waals surface area (Å²) in [5.41, 5.74) is 1.06. The zero-order chi connectivity index (χ0) is 13.0. The number of carbonyl (C=O) groups is 2. The molecule has 1 aromatic heterocycles. The van der Waals surface area contributed by atoms with Gasteiger partial charge in [0.1, 0.15) is 5.69 Å². The molecular weight excluding hydrogens is 246 g/mol. The molecule has 0 atom stereocenters. The van der Waals surface area contributed by atoms with E-state index in [0.717, 1.165) is 16.7 Å². The molecule has 18 heavy (non-hydrogen) atoms. The van der Waals surface area contributed by atoms with Gasteiger partial charge in [-0.1, -0.05) is 30.3 Å². The van der Waals surface area contributed by atoms with Crippen LogP contribution in [0.15, 0.2) is 53.6 Å². The lowest BCUT2D eigenvalue weighted by atomic mass is 10.2. The van der Waals surface area contributed by atoms with Gasteiger partial charge in [0.15, 0.2) is 5.78 Å². The Morgan fingerprint density at radius 3 is 2.33 bits per heavy atom. The lowest BCUT2D eigenvalue weighted by Gasteiger charge is -2.01. The summed E-state index contributed by atoms with van der Waals surface area (Å²) >= 11 is 1.10. The summed E-state index contributed by atoms with van der Waals surface area (Å²) in [6.45, 7) is 1.46. The van der Waals surface area contributed by atoms with Gasteiger partial charge >= 0.3 is 0 Å². The summed E-state index contributed by atoms with van der Waals surface area (Å²) in [6, 6.07) is 12.4. The molecule has 0 fully saturated rings. The second-order valence-electron chi connectivity index (χ2n) is 3.69. The maximum Gasteiger partial charge on any atom is 0.224 e. The summed E-state index contributed by atoms with van der Waals surface area (Å²) in [5, 5.41) is -0.0343. The molecule has 0 aliphatic carbocycles. The van der Waals surface area contributed by atoms with Crippen molar-refractivity contribution in [1.82, 2.24) is 4.98 Å². The minimum Gasteiger partial charge on any atom is -0.293 e. The molecule has 0 unspecified atom stereocenters. The third-order valence-corrected chi connectivity index (χ3v) is 3.22. The summed E-state index contributed by atoms with van der Waals surface area (Å²) in [5.74, 6) is -0.0825. The van der Waals surface area contributed by atoms with Gasteiger partial charge in [0.05, 0.1) is 0 Å². The fourth-order valence-corrected chi connectivity index (χ4v) is 2.10. The van der Waals surface area contributed by atoms with E-state index in [-0.39, 0.29) is 10.9 Å². The third-order valence-electron chi connectivity index (χ3n) is 2.32. The lowest BCUT2D eigenvalue weighted by molar-refractivity contribution is 0.101. The van der Waals surface area contributed by atoms with Gasteiger partial charge in [0.25, 0.3) is 0 Å². The van der Waals surface area contributed by atoms with Gasteiger partial charge in [-0.15, -0.1) is 0 Å². The second-order valence-corrected chi connectivity index (χ2v) is 4.74. The maximum atomic E-state index is 11.9. The molecule has 0 amide bonds. The molecule has 4 heteroatoms. The Labute approximate surface area is 109 Å². The Morgan fingerprint density at radius 1 is 1.06 bits per heavy atom. The van der Waals surface area contributed by atoms with Crippen LogP contribution in [0.2, 0.25) is 0 Å². The molecule has 90 valence electrons. The molecule has 0 aliphatic rings. The summed E-state index contributed by atoms with van der Waals surface area (Å²) in [7, 11) is 0. The molecule has 2 aromatic rings. The van der Waals surface area contributed by atoms with Gasteiger partial charge in [0, 0.05) is 23.6 Å². The zero-order valence-corrected chi connectivity index (χ0v) is 10.6. The molecule has 0 saturated heterocycles. The van der Waals surface area contributed by atoms with Gasteiger partial charge in [-0.2, -0.15) is 0 Å². The van der Waals surface area contributed by atoms with Crippen molar-refractivity contribution in [3.05, 3.63) is 59.9 Å². The number of nitrogens with zero attached hydrogens (tertiary/aromatic N) is 1. The van der Waals surface area contributed by atoms with E-state index in [9.17, 15) is 9.59 Å². The number of ketones is 1. The predicted octanol–water partition coefficient (Wildman–Crippen LogP) is 3.22. The van der Waals surface area contributed by atoms with Gasteiger partial charge in [0.2, 0.25) is 5.12 Å². The average molecular weight is 257 g/mol. The van der Waals surface area contributed by atoms with E-state index in [1.807, 2.05) is 18.2 Å². The molecule has 1 heterocycles.